The number of ether oxygens (including phenoxy) is 1. The van der Waals surface area contributed by atoms with Crippen LogP contribution >= 0.6 is 11.6 Å². The molecule has 0 aromatic heterocycles. The van der Waals surface area contributed by atoms with Crippen LogP contribution in [0.15, 0.2) is 42.5 Å². The maximum absolute atomic E-state index is 14.2. The predicted molar refractivity (Wildman–Crippen MR) is 154 cm³/mol. The van der Waals surface area contributed by atoms with Gasteiger partial charge in [0.2, 0.25) is 0 Å². The SMILES string of the molecule is CN(C)C(=O)c1ccc(N2CCC3(CC2)CC3CCN(C)C(=O)C(O)(c2cccc(OC3CC3)c2)C(F)(F)F)cc1Cl. The Balaban J connectivity index is 1.17. The summed E-state index contributed by atoms with van der Waals surface area (Å²) in [6.45, 7) is 1.72. The third-order valence-corrected chi connectivity index (χ3v) is 9.34. The smallest absolute Gasteiger partial charge is 0.430 e. The summed E-state index contributed by atoms with van der Waals surface area (Å²) in [5, 5.41) is 11.3. The van der Waals surface area contributed by atoms with Gasteiger partial charge in [-0.1, -0.05) is 23.7 Å². The first-order valence-electron chi connectivity index (χ1n) is 14.3. The maximum Gasteiger partial charge on any atom is 0.430 e. The zero-order valence-electron chi connectivity index (χ0n) is 24.1. The van der Waals surface area contributed by atoms with Crippen molar-refractivity contribution < 1.29 is 32.6 Å². The number of benzene rings is 2. The van der Waals surface area contributed by atoms with Gasteiger partial charge in [-0.05, 0) is 80.2 Å². The van der Waals surface area contributed by atoms with Crippen molar-refractivity contribution >= 4 is 29.1 Å². The fourth-order valence-corrected chi connectivity index (χ4v) is 6.34. The number of amides is 2. The number of alkyl halides is 3. The third kappa shape index (κ3) is 5.93. The van der Waals surface area contributed by atoms with Crippen LogP contribution in [0.25, 0.3) is 0 Å². The van der Waals surface area contributed by atoms with E-state index in [9.17, 15) is 27.9 Å². The first-order chi connectivity index (χ1) is 19.7. The number of halogens is 4. The molecule has 7 nitrogen and oxygen atoms in total. The Hall–Kier alpha value is -2.98. The summed E-state index contributed by atoms with van der Waals surface area (Å²) >= 11 is 6.40. The van der Waals surface area contributed by atoms with E-state index in [1.165, 1.54) is 24.1 Å². The molecule has 228 valence electrons. The molecule has 3 fully saturated rings. The van der Waals surface area contributed by atoms with E-state index < -0.39 is 23.2 Å². The van der Waals surface area contributed by atoms with E-state index in [0.29, 0.717) is 22.9 Å². The van der Waals surface area contributed by atoms with Gasteiger partial charge in [0.25, 0.3) is 17.4 Å². The van der Waals surface area contributed by atoms with Crippen LogP contribution in [0.4, 0.5) is 18.9 Å². The number of aliphatic hydroxyl groups is 1. The first-order valence-corrected chi connectivity index (χ1v) is 14.7. The van der Waals surface area contributed by atoms with E-state index in [4.69, 9.17) is 16.3 Å². The molecule has 0 bridgehead atoms. The summed E-state index contributed by atoms with van der Waals surface area (Å²) in [4.78, 5) is 30.2. The van der Waals surface area contributed by atoms with Crippen molar-refractivity contribution in [2.45, 2.75) is 56.4 Å². The second kappa shape index (κ2) is 11.3. The minimum Gasteiger partial charge on any atom is -0.490 e. The highest BCUT2D eigenvalue weighted by atomic mass is 35.5. The molecule has 3 aliphatic rings. The number of hydrogen-bond acceptors (Lipinski definition) is 5. The highest BCUT2D eigenvalue weighted by Gasteiger charge is 2.62. The van der Waals surface area contributed by atoms with Gasteiger partial charge < -0.3 is 24.5 Å². The minimum atomic E-state index is -5.20. The van der Waals surface area contributed by atoms with E-state index in [1.54, 1.807) is 20.2 Å². The molecule has 2 amide bonds. The molecule has 1 saturated heterocycles. The molecular weight excluding hydrogens is 571 g/mol. The summed E-state index contributed by atoms with van der Waals surface area (Å²) in [7, 11) is 4.67. The van der Waals surface area contributed by atoms with Crippen molar-refractivity contribution in [2.75, 3.05) is 45.7 Å². The van der Waals surface area contributed by atoms with Crippen LogP contribution in [0.3, 0.4) is 0 Å². The summed E-state index contributed by atoms with van der Waals surface area (Å²) < 4.78 is 48.3. The van der Waals surface area contributed by atoms with Crippen LogP contribution in [-0.2, 0) is 10.4 Å². The van der Waals surface area contributed by atoms with Gasteiger partial charge in [0.1, 0.15) is 5.75 Å². The van der Waals surface area contributed by atoms with Crippen molar-refractivity contribution in [3.8, 4) is 5.75 Å². The van der Waals surface area contributed by atoms with Crippen LogP contribution in [0.1, 0.15) is 54.4 Å². The molecular formula is C31H37ClF3N3O4. The highest BCUT2D eigenvalue weighted by Crippen LogP contribution is 2.61. The second-order valence-electron chi connectivity index (χ2n) is 12.2. The van der Waals surface area contributed by atoms with Gasteiger partial charge in [0.05, 0.1) is 16.7 Å². The van der Waals surface area contributed by atoms with Gasteiger partial charge in [-0.15, -0.1) is 0 Å². The van der Waals surface area contributed by atoms with Gasteiger partial charge in [-0.25, -0.2) is 0 Å². The van der Waals surface area contributed by atoms with E-state index >= 15 is 0 Å². The summed E-state index contributed by atoms with van der Waals surface area (Å²) in [5.74, 6) is -1.04. The van der Waals surface area contributed by atoms with Crippen molar-refractivity contribution in [1.29, 1.82) is 0 Å². The van der Waals surface area contributed by atoms with Gasteiger partial charge in [-0.2, -0.15) is 13.2 Å². The Bertz CT molecular complexity index is 1340. The number of carbonyl (C=O) groups is 2. The predicted octanol–water partition coefficient (Wildman–Crippen LogP) is 5.49. The maximum atomic E-state index is 14.2. The molecule has 42 heavy (non-hydrogen) atoms. The first kappa shape index (κ1) is 30.5. The Kier molecular flexibility index (Phi) is 8.17. The molecule has 2 atom stereocenters. The number of piperidine rings is 1. The number of nitrogens with zero attached hydrogens (tertiary/aromatic N) is 3. The molecule has 5 rings (SSSR count). The molecule has 11 heteroatoms. The number of carbonyl (C=O) groups excluding carboxylic acids is 2. The Morgan fingerprint density at radius 1 is 1.10 bits per heavy atom. The van der Waals surface area contributed by atoms with E-state index in [2.05, 4.69) is 4.90 Å². The molecule has 2 aromatic carbocycles. The number of anilines is 1. The van der Waals surface area contributed by atoms with Gasteiger partial charge in [-0.3, -0.25) is 9.59 Å². The zero-order valence-corrected chi connectivity index (χ0v) is 24.8. The average molecular weight is 608 g/mol. The molecule has 2 unspecified atom stereocenters. The quantitative estimate of drug-likeness (QED) is 0.408. The van der Waals surface area contributed by atoms with E-state index in [1.807, 2.05) is 12.1 Å². The number of rotatable bonds is 9. The lowest BCUT2D eigenvalue weighted by molar-refractivity contribution is -0.261. The van der Waals surface area contributed by atoms with Crippen LogP contribution in [0.2, 0.25) is 5.02 Å². The molecule has 1 N–H and O–H groups in total. The van der Waals surface area contributed by atoms with Crippen LogP contribution in [0, 0.1) is 11.3 Å². The Labute approximate surface area is 249 Å². The standard InChI is InChI=1S/C31H37ClF3N3O4/c1-36(2)27(39)25-10-7-22(18-26(25)32)38-15-12-29(13-16-38)19-21(29)11-14-37(3)28(40)30(41,31(33,34)35)20-5-4-6-24(17-20)42-23-8-9-23/h4-7,10,17-18,21,23,41H,8-9,11-16,19H2,1-3H3. The van der Waals surface area contributed by atoms with Crippen molar-refractivity contribution in [3.05, 3.63) is 58.6 Å². The number of hydrogen-bond donors (Lipinski definition) is 1. The lowest BCUT2D eigenvalue weighted by Gasteiger charge is -2.35. The monoisotopic (exact) mass is 607 g/mol. The van der Waals surface area contributed by atoms with Gasteiger partial charge in [0, 0.05) is 52.0 Å². The molecule has 0 radical (unpaired) electrons. The molecule has 1 heterocycles. The van der Waals surface area contributed by atoms with Crippen molar-refractivity contribution in [3.63, 3.8) is 0 Å². The summed E-state index contributed by atoms with van der Waals surface area (Å²) in [5.41, 5.74) is -2.69. The topological polar surface area (TPSA) is 73.3 Å². The fourth-order valence-electron chi connectivity index (χ4n) is 6.09. The molecule has 2 aliphatic carbocycles. The van der Waals surface area contributed by atoms with Crippen molar-refractivity contribution in [1.82, 2.24) is 9.80 Å². The largest absolute Gasteiger partial charge is 0.490 e. The average Bonchev–Trinajstić information content (AvgIpc) is 3.88. The number of likely N-dealkylation sites (N-methyl/N-ethyl adjacent to an activating group) is 1. The Morgan fingerprint density at radius 2 is 1.79 bits per heavy atom. The summed E-state index contributed by atoms with van der Waals surface area (Å²) in [6.07, 6.45) is -0.207. The highest BCUT2D eigenvalue weighted by molar-refractivity contribution is 6.34. The molecule has 2 saturated carbocycles. The van der Waals surface area contributed by atoms with Crippen LogP contribution in [-0.4, -0.2) is 79.8 Å². The zero-order chi connectivity index (χ0) is 30.4. The van der Waals surface area contributed by atoms with Crippen LogP contribution < -0.4 is 9.64 Å². The third-order valence-electron chi connectivity index (χ3n) is 9.03. The summed E-state index contributed by atoms with van der Waals surface area (Å²) in [6, 6.07) is 10.6. The normalized spacial score (nSPS) is 21.0. The van der Waals surface area contributed by atoms with Gasteiger partial charge >= 0.3 is 6.18 Å². The van der Waals surface area contributed by atoms with Gasteiger partial charge in [0.15, 0.2) is 0 Å². The fraction of sp³-hybridized carbons (Fsp3) is 0.548. The Morgan fingerprint density at radius 3 is 2.38 bits per heavy atom. The van der Waals surface area contributed by atoms with E-state index in [-0.39, 0.29) is 29.7 Å². The lowest BCUT2D eigenvalue weighted by atomic mass is 9.89. The lowest BCUT2D eigenvalue weighted by Crippen LogP contribution is -2.55. The molecule has 1 spiro atoms. The van der Waals surface area contributed by atoms with Crippen LogP contribution in [0.5, 0.6) is 5.75 Å². The van der Waals surface area contributed by atoms with Crippen molar-refractivity contribution in [2.24, 2.45) is 11.3 Å². The minimum absolute atomic E-state index is 0.0348. The molecule has 2 aromatic rings. The van der Waals surface area contributed by atoms with E-state index in [0.717, 1.165) is 67.9 Å². The molecule has 1 aliphatic heterocycles. The second-order valence-corrected chi connectivity index (χ2v) is 12.6.